The first-order valence-corrected chi connectivity index (χ1v) is 8.24. The van der Waals surface area contributed by atoms with E-state index < -0.39 is 10.0 Å². The second kappa shape index (κ2) is 6.23. The van der Waals surface area contributed by atoms with Gasteiger partial charge in [0, 0.05) is 25.2 Å². The maximum absolute atomic E-state index is 12.0. The molecule has 2 rings (SSSR count). The highest BCUT2D eigenvalue weighted by Crippen LogP contribution is 2.25. The van der Waals surface area contributed by atoms with Crippen molar-refractivity contribution in [1.29, 1.82) is 0 Å². The molecule has 1 amide bonds. The molecule has 0 saturated carbocycles. The van der Waals surface area contributed by atoms with E-state index in [-0.39, 0.29) is 24.6 Å². The van der Waals surface area contributed by atoms with E-state index in [0.717, 1.165) is 6.42 Å². The predicted molar refractivity (Wildman–Crippen MR) is 79.1 cm³/mol. The molecule has 1 aliphatic heterocycles. The molecule has 0 radical (unpaired) electrons. The van der Waals surface area contributed by atoms with Gasteiger partial charge in [0.2, 0.25) is 15.9 Å². The third-order valence-corrected chi connectivity index (χ3v) is 5.01. The first-order chi connectivity index (χ1) is 9.53. The third-order valence-electron chi connectivity index (χ3n) is 3.14. The molecule has 0 atom stereocenters. The molecular formula is C13H19N3O3S. The molecule has 20 heavy (non-hydrogen) atoms. The predicted octanol–water partition coefficient (Wildman–Crippen LogP) is 0.904. The Balaban J connectivity index is 2.19. The average Bonchev–Trinajstić information content (AvgIpc) is 2.38. The van der Waals surface area contributed by atoms with E-state index in [1.54, 1.807) is 24.3 Å². The highest BCUT2D eigenvalue weighted by atomic mass is 32.2. The Labute approximate surface area is 119 Å². The van der Waals surface area contributed by atoms with Crippen molar-refractivity contribution in [2.45, 2.75) is 19.3 Å². The number of anilines is 2. The minimum atomic E-state index is -3.23. The van der Waals surface area contributed by atoms with Crippen LogP contribution in [-0.4, -0.2) is 33.2 Å². The first-order valence-electron chi connectivity index (χ1n) is 6.63. The summed E-state index contributed by atoms with van der Waals surface area (Å²) in [5.41, 5.74) is 6.49. The van der Waals surface area contributed by atoms with Gasteiger partial charge < -0.3 is 11.1 Å². The minimum Gasteiger partial charge on any atom is -0.330 e. The van der Waals surface area contributed by atoms with Gasteiger partial charge in [0.05, 0.1) is 11.4 Å². The fourth-order valence-corrected chi connectivity index (χ4v) is 3.80. The number of nitrogens with zero attached hydrogens (tertiary/aromatic N) is 1. The van der Waals surface area contributed by atoms with Crippen LogP contribution >= 0.6 is 0 Å². The van der Waals surface area contributed by atoms with E-state index in [1.807, 2.05) is 0 Å². The fraction of sp³-hybridized carbons (Fsp3) is 0.462. The summed E-state index contributed by atoms with van der Waals surface area (Å²) in [5.74, 6) is 0.00248. The van der Waals surface area contributed by atoms with Gasteiger partial charge in [-0.2, -0.15) is 0 Å². The second-order valence-corrected chi connectivity index (χ2v) is 6.75. The van der Waals surface area contributed by atoms with E-state index in [2.05, 4.69) is 5.32 Å². The van der Waals surface area contributed by atoms with Gasteiger partial charge in [-0.05, 0) is 31.0 Å². The molecule has 3 N–H and O–H groups in total. The van der Waals surface area contributed by atoms with Crippen LogP contribution < -0.4 is 15.4 Å². The highest BCUT2D eigenvalue weighted by Gasteiger charge is 2.26. The molecule has 1 heterocycles. The van der Waals surface area contributed by atoms with E-state index >= 15 is 0 Å². The number of nitrogens with one attached hydrogen (secondary N) is 1. The van der Waals surface area contributed by atoms with Crippen molar-refractivity contribution in [1.82, 2.24) is 0 Å². The van der Waals surface area contributed by atoms with E-state index in [9.17, 15) is 13.2 Å². The normalized spacial score (nSPS) is 17.8. The van der Waals surface area contributed by atoms with Crippen LogP contribution in [0.25, 0.3) is 0 Å². The lowest BCUT2D eigenvalue weighted by Gasteiger charge is -2.28. The molecule has 0 bridgehead atoms. The lowest BCUT2D eigenvalue weighted by Crippen LogP contribution is -2.37. The van der Waals surface area contributed by atoms with Gasteiger partial charge in [-0.1, -0.05) is 6.07 Å². The minimum absolute atomic E-state index is 0.175. The summed E-state index contributed by atoms with van der Waals surface area (Å²) < 4.78 is 25.5. The Bertz CT molecular complexity index is 586. The van der Waals surface area contributed by atoms with Crippen molar-refractivity contribution in [2.75, 3.05) is 28.5 Å². The lowest BCUT2D eigenvalue weighted by atomic mass is 10.2. The molecule has 1 fully saturated rings. The van der Waals surface area contributed by atoms with E-state index in [1.165, 1.54) is 4.31 Å². The summed E-state index contributed by atoms with van der Waals surface area (Å²) in [6.45, 7) is 0.772. The number of hydrogen-bond acceptors (Lipinski definition) is 4. The number of rotatable bonds is 4. The monoisotopic (exact) mass is 297 g/mol. The Hall–Kier alpha value is -1.60. The molecule has 0 unspecified atom stereocenters. The summed E-state index contributed by atoms with van der Waals surface area (Å²) in [6, 6.07) is 6.88. The molecule has 7 heteroatoms. The topological polar surface area (TPSA) is 92.5 Å². The molecule has 1 saturated heterocycles. The van der Waals surface area contributed by atoms with Gasteiger partial charge in [-0.3, -0.25) is 9.10 Å². The van der Waals surface area contributed by atoms with Crippen LogP contribution in [0.5, 0.6) is 0 Å². The van der Waals surface area contributed by atoms with Gasteiger partial charge >= 0.3 is 0 Å². The van der Waals surface area contributed by atoms with Crippen molar-refractivity contribution in [3.05, 3.63) is 24.3 Å². The van der Waals surface area contributed by atoms with Gasteiger partial charge in [-0.15, -0.1) is 0 Å². The third kappa shape index (κ3) is 3.49. The molecule has 0 aromatic heterocycles. The summed E-state index contributed by atoms with van der Waals surface area (Å²) in [4.78, 5) is 11.5. The zero-order valence-electron chi connectivity index (χ0n) is 11.2. The number of hydrogen-bond donors (Lipinski definition) is 2. The van der Waals surface area contributed by atoms with Crippen LogP contribution in [0.4, 0.5) is 11.4 Å². The van der Waals surface area contributed by atoms with Crippen molar-refractivity contribution in [3.63, 3.8) is 0 Å². The average molecular weight is 297 g/mol. The Kier molecular flexibility index (Phi) is 4.61. The summed E-state index contributed by atoms with van der Waals surface area (Å²) in [6.07, 6.45) is 1.79. The zero-order valence-corrected chi connectivity index (χ0v) is 12.0. The smallest absolute Gasteiger partial charge is 0.235 e. The van der Waals surface area contributed by atoms with Crippen molar-refractivity contribution in [3.8, 4) is 0 Å². The molecule has 6 nitrogen and oxygen atoms in total. The SMILES string of the molecule is NCCC(=O)Nc1cccc(N2CCCCS2(=O)=O)c1. The Morgan fingerprint density at radius 2 is 2.15 bits per heavy atom. The Morgan fingerprint density at radius 1 is 1.35 bits per heavy atom. The van der Waals surface area contributed by atoms with Gasteiger partial charge in [0.25, 0.3) is 0 Å². The Morgan fingerprint density at radius 3 is 2.85 bits per heavy atom. The molecule has 1 aliphatic rings. The molecule has 1 aromatic carbocycles. The molecule has 0 spiro atoms. The van der Waals surface area contributed by atoms with E-state index in [4.69, 9.17) is 5.73 Å². The number of benzene rings is 1. The summed E-state index contributed by atoms with van der Waals surface area (Å²) >= 11 is 0. The molecule has 1 aromatic rings. The van der Waals surface area contributed by atoms with Crippen LogP contribution in [0.1, 0.15) is 19.3 Å². The molecule has 0 aliphatic carbocycles. The van der Waals surface area contributed by atoms with Crippen LogP contribution in [0.3, 0.4) is 0 Å². The second-order valence-electron chi connectivity index (χ2n) is 4.73. The zero-order chi connectivity index (χ0) is 14.6. The van der Waals surface area contributed by atoms with Crippen molar-refractivity contribution >= 4 is 27.3 Å². The number of nitrogens with two attached hydrogens (primary N) is 1. The largest absolute Gasteiger partial charge is 0.330 e. The maximum atomic E-state index is 12.0. The number of carbonyl (C=O) groups excluding carboxylic acids is 1. The standard InChI is InChI=1S/C13H19N3O3S/c14-7-6-13(17)15-11-4-3-5-12(10-11)16-8-1-2-9-20(16,18)19/h3-5,10H,1-2,6-9,14H2,(H,15,17). The summed E-state index contributed by atoms with van der Waals surface area (Å²) in [5, 5.41) is 2.71. The molecule has 110 valence electrons. The van der Waals surface area contributed by atoms with Crippen molar-refractivity contribution in [2.24, 2.45) is 5.73 Å². The molecular weight excluding hydrogens is 278 g/mol. The number of amides is 1. The number of sulfonamides is 1. The first kappa shape index (κ1) is 14.8. The van der Waals surface area contributed by atoms with Crippen LogP contribution in [-0.2, 0) is 14.8 Å². The number of carbonyl (C=O) groups is 1. The van der Waals surface area contributed by atoms with Gasteiger partial charge in [0.1, 0.15) is 0 Å². The lowest BCUT2D eigenvalue weighted by molar-refractivity contribution is -0.116. The maximum Gasteiger partial charge on any atom is 0.235 e. The van der Waals surface area contributed by atoms with Crippen LogP contribution in [0, 0.1) is 0 Å². The van der Waals surface area contributed by atoms with Gasteiger partial charge in [-0.25, -0.2) is 8.42 Å². The van der Waals surface area contributed by atoms with Gasteiger partial charge in [0.15, 0.2) is 0 Å². The summed E-state index contributed by atoms with van der Waals surface area (Å²) in [7, 11) is -3.23. The van der Waals surface area contributed by atoms with Crippen LogP contribution in [0.15, 0.2) is 24.3 Å². The van der Waals surface area contributed by atoms with Crippen LogP contribution in [0.2, 0.25) is 0 Å². The van der Waals surface area contributed by atoms with Crippen molar-refractivity contribution < 1.29 is 13.2 Å². The van der Waals surface area contributed by atoms with E-state index in [0.29, 0.717) is 24.3 Å². The quantitative estimate of drug-likeness (QED) is 0.863. The fourth-order valence-electron chi connectivity index (χ4n) is 2.17. The highest BCUT2D eigenvalue weighted by molar-refractivity contribution is 7.92.